The number of carbonyl (C=O) groups is 1. The summed E-state index contributed by atoms with van der Waals surface area (Å²) in [5.41, 5.74) is 8.02. The highest BCUT2D eigenvalue weighted by molar-refractivity contribution is 9.13. The van der Waals surface area contributed by atoms with Crippen LogP contribution in [0.15, 0.2) is 30.9 Å². The molecule has 1 aromatic heterocycles. The van der Waals surface area contributed by atoms with Crippen molar-refractivity contribution in [1.29, 1.82) is 0 Å². The standard InChI is InChI=1S/C12H9Br3N2OS/c1-5-2-6(13)3-8(16)10(5)17-12(18)9-4-7(14)11(15)19-9/h2-4H,16H2,1H3,(H,17,18). The van der Waals surface area contributed by atoms with Crippen molar-refractivity contribution < 1.29 is 4.79 Å². The van der Waals surface area contributed by atoms with Gasteiger partial charge in [0.25, 0.3) is 5.91 Å². The monoisotopic (exact) mass is 466 g/mol. The first-order chi connectivity index (χ1) is 8.88. The molecule has 0 atom stereocenters. The zero-order chi connectivity index (χ0) is 14.2. The normalized spacial score (nSPS) is 10.5. The van der Waals surface area contributed by atoms with E-state index in [2.05, 4.69) is 53.1 Å². The molecule has 0 aliphatic carbocycles. The Morgan fingerprint density at radius 1 is 1.26 bits per heavy atom. The van der Waals surface area contributed by atoms with Crippen molar-refractivity contribution in [3.63, 3.8) is 0 Å². The number of halogens is 3. The molecule has 0 radical (unpaired) electrons. The summed E-state index contributed by atoms with van der Waals surface area (Å²) in [5, 5.41) is 2.85. The fraction of sp³-hybridized carbons (Fsp3) is 0.0833. The molecule has 1 amide bonds. The van der Waals surface area contributed by atoms with Crippen molar-refractivity contribution in [2.75, 3.05) is 11.1 Å². The van der Waals surface area contributed by atoms with Crippen LogP contribution in [-0.4, -0.2) is 5.91 Å². The topological polar surface area (TPSA) is 55.1 Å². The van der Waals surface area contributed by atoms with Crippen LogP contribution in [0.2, 0.25) is 0 Å². The van der Waals surface area contributed by atoms with Crippen molar-refractivity contribution in [2.45, 2.75) is 6.92 Å². The molecule has 1 aromatic carbocycles. The summed E-state index contributed by atoms with van der Waals surface area (Å²) in [6.07, 6.45) is 0. The van der Waals surface area contributed by atoms with Gasteiger partial charge in [0, 0.05) is 8.95 Å². The molecule has 0 fully saturated rings. The van der Waals surface area contributed by atoms with E-state index in [1.165, 1.54) is 11.3 Å². The van der Waals surface area contributed by atoms with Gasteiger partial charge in [0.1, 0.15) is 0 Å². The SMILES string of the molecule is Cc1cc(Br)cc(N)c1NC(=O)c1cc(Br)c(Br)s1. The third-order valence-electron chi connectivity index (χ3n) is 2.44. The number of hydrogen-bond acceptors (Lipinski definition) is 3. The molecule has 19 heavy (non-hydrogen) atoms. The van der Waals surface area contributed by atoms with Gasteiger partial charge in [-0.15, -0.1) is 11.3 Å². The fourth-order valence-electron chi connectivity index (χ4n) is 1.57. The van der Waals surface area contributed by atoms with Crippen molar-refractivity contribution in [1.82, 2.24) is 0 Å². The molecule has 100 valence electrons. The molecule has 0 saturated carbocycles. The summed E-state index contributed by atoms with van der Waals surface area (Å²) in [6, 6.07) is 5.45. The largest absolute Gasteiger partial charge is 0.397 e. The highest BCUT2D eigenvalue weighted by Crippen LogP contribution is 2.34. The highest BCUT2D eigenvalue weighted by atomic mass is 79.9. The minimum absolute atomic E-state index is 0.173. The number of carbonyl (C=O) groups excluding carboxylic acids is 1. The summed E-state index contributed by atoms with van der Waals surface area (Å²) >= 11 is 11.5. The number of anilines is 2. The Morgan fingerprint density at radius 3 is 2.47 bits per heavy atom. The van der Waals surface area contributed by atoms with Gasteiger partial charge in [0.05, 0.1) is 20.0 Å². The lowest BCUT2D eigenvalue weighted by atomic mass is 10.1. The minimum Gasteiger partial charge on any atom is -0.397 e. The molecule has 2 aromatic rings. The number of hydrogen-bond donors (Lipinski definition) is 2. The van der Waals surface area contributed by atoms with E-state index < -0.39 is 0 Å². The van der Waals surface area contributed by atoms with Crippen LogP contribution in [0, 0.1) is 6.92 Å². The van der Waals surface area contributed by atoms with E-state index in [0.717, 1.165) is 18.3 Å². The summed E-state index contributed by atoms with van der Waals surface area (Å²) in [7, 11) is 0. The van der Waals surface area contributed by atoms with Gasteiger partial charge in [-0.05, 0) is 62.5 Å². The molecule has 0 unspecified atom stereocenters. The van der Waals surface area contributed by atoms with E-state index in [1.54, 1.807) is 12.1 Å². The van der Waals surface area contributed by atoms with Gasteiger partial charge in [-0.2, -0.15) is 0 Å². The molecular formula is C12H9Br3N2OS. The van der Waals surface area contributed by atoms with Gasteiger partial charge < -0.3 is 11.1 Å². The second kappa shape index (κ2) is 5.95. The molecule has 0 aliphatic rings. The maximum atomic E-state index is 12.2. The Hall–Kier alpha value is -0.370. The van der Waals surface area contributed by atoms with E-state index in [-0.39, 0.29) is 5.91 Å². The lowest BCUT2D eigenvalue weighted by Gasteiger charge is -2.11. The van der Waals surface area contributed by atoms with E-state index in [1.807, 2.05) is 13.0 Å². The third kappa shape index (κ3) is 3.39. The van der Waals surface area contributed by atoms with Crippen LogP contribution in [0.25, 0.3) is 0 Å². The number of aryl methyl sites for hydroxylation is 1. The second-order valence-corrected chi connectivity index (χ2v) is 8.01. The van der Waals surface area contributed by atoms with Crippen LogP contribution in [0.5, 0.6) is 0 Å². The molecule has 1 heterocycles. The second-order valence-electron chi connectivity index (χ2n) is 3.87. The lowest BCUT2D eigenvalue weighted by Crippen LogP contribution is -2.12. The van der Waals surface area contributed by atoms with Crippen molar-refractivity contribution >= 4 is 76.4 Å². The van der Waals surface area contributed by atoms with Crippen LogP contribution in [0.3, 0.4) is 0 Å². The third-order valence-corrected chi connectivity index (χ3v) is 6.15. The van der Waals surface area contributed by atoms with Gasteiger partial charge in [0.2, 0.25) is 0 Å². The predicted molar refractivity (Wildman–Crippen MR) is 91.0 cm³/mol. The quantitative estimate of drug-likeness (QED) is 0.597. The van der Waals surface area contributed by atoms with Gasteiger partial charge in [-0.25, -0.2) is 0 Å². The van der Waals surface area contributed by atoms with Crippen LogP contribution in [0.1, 0.15) is 15.2 Å². The molecule has 3 nitrogen and oxygen atoms in total. The lowest BCUT2D eigenvalue weighted by molar-refractivity contribution is 0.103. The van der Waals surface area contributed by atoms with Crippen molar-refractivity contribution in [3.05, 3.63) is 41.4 Å². The van der Waals surface area contributed by atoms with Crippen molar-refractivity contribution in [2.24, 2.45) is 0 Å². The number of amides is 1. The zero-order valence-electron chi connectivity index (χ0n) is 9.76. The van der Waals surface area contributed by atoms with Crippen LogP contribution >= 0.6 is 59.1 Å². The van der Waals surface area contributed by atoms with Gasteiger partial charge >= 0.3 is 0 Å². The number of nitrogens with two attached hydrogens (primary N) is 1. The molecule has 2 rings (SSSR count). The fourth-order valence-corrected chi connectivity index (χ4v) is 4.09. The first kappa shape index (κ1) is 15.0. The molecule has 3 N–H and O–H groups in total. The van der Waals surface area contributed by atoms with E-state index in [4.69, 9.17) is 5.73 Å². The first-order valence-electron chi connectivity index (χ1n) is 5.20. The number of thiophene rings is 1. The number of nitrogens with one attached hydrogen (secondary N) is 1. The Kier molecular flexibility index (Phi) is 4.70. The molecule has 7 heteroatoms. The number of benzene rings is 1. The Morgan fingerprint density at radius 2 is 1.95 bits per heavy atom. The molecule has 0 saturated heterocycles. The molecular weight excluding hydrogens is 460 g/mol. The Bertz CT molecular complexity index is 612. The number of nitrogen functional groups attached to an aromatic ring is 1. The maximum Gasteiger partial charge on any atom is 0.265 e. The smallest absolute Gasteiger partial charge is 0.265 e. The summed E-state index contributed by atoms with van der Waals surface area (Å²) in [6.45, 7) is 1.90. The average Bonchev–Trinajstić information content (AvgIpc) is 2.64. The van der Waals surface area contributed by atoms with Gasteiger partial charge in [-0.1, -0.05) is 15.9 Å². The average molecular weight is 469 g/mol. The van der Waals surface area contributed by atoms with Crippen LogP contribution < -0.4 is 11.1 Å². The van der Waals surface area contributed by atoms with Crippen LogP contribution in [0.4, 0.5) is 11.4 Å². The van der Waals surface area contributed by atoms with E-state index in [0.29, 0.717) is 16.3 Å². The van der Waals surface area contributed by atoms with Gasteiger partial charge in [0.15, 0.2) is 0 Å². The first-order valence-corrected chi connectivity index (χ1v) is 8.40. The minimum atomic E-state index is -0.173. The summed E-state index contributed by atoms with van der Waals surface area (Å²) < 4.78 is 2.64. The van der Waals surface area contributed by atoms with Crippen molar-refractivity contribution in [3.8, 4) is 0 Å². The maximum absolute atomic E-state index is 12.2. The van der Waals surface area contributed by atoms with E-state index in [9.17, 15) is 4.79 Å². The number of rotatable bonds is 2. The summed E-state index contributed by atoms with van der Waals surface area (Å²) in [4.78, 5) is 12.8. The zero-order valence-corrected chi connectivity index (χ0v) is 15.3. The Balaban J connectivity index is 2.29. The predicted octanol–water partition coefficient (Wildman–Crippen LogP) is 5.18. The van der Waals surface area contributed by atoms with Crippen LogP contribution in [-0.2, 0) is 0 Å². The summed E-state index contributed by atoms with van der Waals surface area (Å²) in [5.74, 6) is -0.173. The molecule has 0 bridgehead atoms. The molecule has 0 spiro atoms. The molecule has 0 aliphatic heterocycles. The van der Waals surface area contributed by atoms with Gasteiger partial charge in [-0.3, -0.25) is 4.79 Å². The highest BCUT2D eigenvalue weighted by Gasteiger charge is 2.14. The Labute approximate surface area is 140 Å². The van der Waals surface area contributed by atoms with E-state index >= 15 is 0 Å².